The maximum Gasteiger partial charge on any atom is 0.254 e. The largest absolute Gasteiger partial charge is 0.368 e. The molecule has 1 amide bonds. The second-order valence-corrected chi connectivity index (χ2v) is 7.93. The van der Waals surface area contributed by atoms with Crippen LogP contribution in [0.5, 0.6) is 0 Å². The van der Waals surface area contributed by atoms with Crippen molar-refractivity contribution in [2.75, 3.05) is 31.1 Å². The van der Waals surface area contributed by atoms with Crippen LogP contribution in [0.4, 0.5) is 10.1 Å². The minimum absolute atomic E-state index is 0.0827. The number of carbonyl (C=O) groups is 1. The van der Waals surface area contributed by atoms with E-state index < -0.39 is 0 Å². The van der Waals surface area contributed by atoms with Crippen LogP contribution in [0.2, 0.25) is 5.02 Å². The van der Waals surface area contributed by atoms with E-state index in [4.69, 9.17) is 11.6 Å². The van der Waals surface area contributed by atoms with Crippen LogP contribution in [0.3, 0.4) is 0 Å². The molecular formula is C23H22ClFN4O2. The Morgan fingerprint density at radius 2 is 1.68 bits per heavy atom. The molecule has 1 aliphatic heterocycles. The monoisotopic (exact) mass is 440 g/mol. The van der Waals surface area contributed by atoms with Gasteiger partial charge in [0.05, 0.1) is 0 Å². The van der Waals surface area contributed by atoms with Gasteiger partial charge in [0, 0.05) is 54.2 Å². The topological polar surface area (TPSA) is 58.4 Å². The molecule has 0 spiro atoms. The first-order valence-electron chi connectivity index (χ1n) is 10.0. The number of amides is 1. The minimum Gasteiger partial charge on any atom is -0.368 e. The summed E-state index contributed by atoms with van der Waals surface area (Å²) in [6.07, 6.45) is 0. The van der Waals surface area contributed by atoms with E-state index in [1.165, 1.54) is 22.8 Å². The molecule has 0 bridgehead atoms. The van der Waals surface area contributed by atoms with E-state index in [1.54, 1.807) is 48.2 Å². The summed E-state index contributed by atoms with van der Waals surface area (Å²) < 4.78 is 14.6. The predicted octanol–water partition coefficient (Wildman–Crippen LogP) is 3.36. The summed E-state index contributed by atoms with van der Waals surface area (Å²) in [5, 5.41) is 0.584. The number of anilines is 1. The number of benzene rings is 2. The van der Waals surface area contributed by atoms with Crippen LogP contribution in [0.1, 0.15) is 5.69 Å². The van der Waals surface area contributed by atoms with Gasteiger partial charge in [-0.25, -0.2) is 9.37 Å². The molecule has 0 aliphatic carbocycles. The van der Waals surface area contributed by atoms with Crippen molar-refractivity contribution in [2.24, 2.45) is 0 Å². The lowest BCUT2D eigenvalue weighted by atomic mass is 10.2. The number of nitrogens with zero attached hydrogens (tertiary/aromatic N) is 4. The van der Waals surface area contributed by atoms with Crippen LogP contribution < -0.4 is 10.5 Å². The number of hydrogen-bond donors (Lipinski definition) is 0. The lowest BCUT2D eigenvalue weighted by Gasteiger charge is -2.36. The van der Waals surface area contributed by atoms with Crippen molar-refractivity contribution in [3.05, 3.63) is 81.5 Å². The van der Waals surface area contributed by atoms with E-state index in [2.05, 4.69) is 9.88 Å². The fourth-order valence-electron chi connectivity index (χ4n) is 3.69. The van der Waals surface area contributed by atoms with Crippen LogP contribution in [0, 0.1) is 12.7 Å². The Morgan fingerprint density at radius 1 is 1.03 bits per heavy atom. The zero-order chi connectivity index (χ0) is 22.0. The minimum atomic E-state index is -0.272. The smallest absolute Gasteiger partial charge is 0.254 e. The highest BCUT2D eigenvalue weighted by Crippen LogP contribution is 2.20. The maximum atomic E-state index is 13.2. The van der Waals surface area contributed by atoms with E-state index in [0.717, 1.165) is 11.3 Å². The Bertz CT molecular complexity index is 1140. The average Bonchev–Trinajstić information content (AvgIpc) is 2.76. The quantitative estimate of drug-likeness (QED) is 0.624. The number of aromatic nitrogens is 2. The molecule has 2 aromatic carbocycles. The van der Waals surface area contributed by atoms with Gasteiger partial charge in [0.2, 0.25) is 5.91 Å². The number of hydrogen-bond acceptors (Lipinski definition) is 4. The molecule has 2 heterocycles. The summed E-state index contributed by atoms with van der Waals surface area (Å²) in [6.45, 7) is 4.01. The van der Waals surface area contributed by atoms with E-state index in [0.29, 0.717) is 42.7 Å². The van der Waals surface area contributed by atoms with Crippen molar-refractivity contribution in [1.29, 1.82) is 0 Å². The Hall–Kier alpha value is -3.19. The van der Waals surface area contributed by atoms with Crippen molar-refractivity contribution in [3.8, 4) is 11.4 Å². The summed E-state index contributed by atoms with van der Waals surface area (Å²) >= 11 is 5.98. The Balaban J connectivity index is 1.49. The van der Waals surface area contributed by atoms with Crippen LogP contribution in [0.25, 0.3) is 11.4 Å². The Kier molecular flexibility index (Phi) is 6.04. The van der Waals surface area contributed by atoms with Gasteiger partial charge in [-0.15, -0.1) is 0 Å². The summed E-state index contributed by atoms with van der Waals surface area (Å²) in [6, 6.07) is 14.8. The first-order valence-corrected chi connectivity index (χ1v) is 10.4. The number of aryl methyl sites for hydroxylation is 1. The second kappa shape index (κ2) is 8.89. The van der Waals surface area contributed by atoms with Gasteiger partial charge in [0.15, 0.2) is 0 Å². The SMILES string of the molecule is Cc1cc(=O)n(CC(=O)N2CCN(c3ccc(F)cc3)CC2)c(-c2ccc(Cl)cc2)n1. The fourth-order valence-corrected chi connectivity index (χ4v) is 3.82. The first kappa shape index (κ1) is 21.1. The van der Waals surface area contributed by atoms with Crippen LogP contribution >= 0.6 is 11.6 Å². The fraction of sp³-hybridized carbons (Fsp3) is 0.261. The molecule has 1 aliphatic rings. The van der Waals surface area contributed by atoms with Crippen molar-refractivity contribution >= 4 is 23.2 Å². The molecule has 31 heavy (non-hydrogen) atoms. The van der Waals surface area contributed by atoms with Gasteiger partial charge in [-0.1, -0.05) is 11.6 Å². The molecule has 0 radical (unpaired) electrons. The number of piperazine rings is 1. The number of rotatable bonds is 4. The molecule has 3 aromatic rings. The summed E-state index contributed by atoms with van der Waals surface area (Å²) in [4.78, 5) is 34.0. The number of halogens is 2. The summed E-state index contributed by atoms with van der Waals surface area (Å²) in [7, 11) is 0. The zero-order valence-electron chi connectivity index (χ0n) is 17.1. The van der Waals surface area contributed by atoms with Gasteiger partial charge in [-0.3, -0.25) is 14.2 Å². The maximum absolute atomic E-state index is 13.2. The van der Waals surface area contributed by atoms with Crippen molar-refractivity contribution in [3.63, 3.8) is 0 Å². The molecule has 0 unspecified atom stereocenters. The second-order valence-electron chi connectivity index (χ2n) is 7.50. The van der Waals surface area contributed by atoms with Crippen molar-refractivity contribution in [2.45, 2.75) is 13.5 Å². The van der Waals surface area contributed by atoms with Gasteiger partial charge in [-0.2, -0.15) is 0 Å². The van der Waals surface area contributed by atoms with Crippen LogP contribution in [-0.2, 0) is 11.3 Å². The molecule has 160 valence electrons. The van der Waals surface area contributed by atoms with Crippen LogP contribution in [-0.4, -0.2) is 46.5 Å². The standard InChI is InChI=1S/C23H22ClFN4O2/c1-16-14-21(30)29(23(26-16)17-2-4-18(24)5-3-17)15-22(31)28-12-10-27(11-13-28)20-8-6-19(25)7-9-20/h2-9,14H,10-13,15H2,1H3. The van der Waals surface area contributed by atoms with E-state index in [9.17, 15) is 14.0 Å². The highest BCUT2D eigenvalue weighted by Gasteiger charge is 2.23. The normalized spacial score (nSPS) is 14.0. The van der Waals surface area contributed by atoms with Gasteiger partial charge in [0.1, 0.15) is 18.2 Å². The molecule has 8 heteroatoms. The summed E-state index contributed by atoms with van der Waals surface area (Å²) in [5.74, 6) is 0.0351. The van der Waals surface area contributed by atoms with Crippen LogP contribution in [0.15, 0.2) is 59.4 Å². The molecule has 6 nitrogen and oxygen atoms in total. The molecule has 4 rings (SSSR count). The third-order valence-electron chi connectivity index (χ3n) is 5.36. The summed E-state index contributed by atoms with van der Waals surface area (Å²) in [5.41, 5.74) is 1.97. The predicted molar refractivity (Wildman–Crippen MR) is 119 cm³/mol. The third kappa shape index (κ3) is 4.77. The van der Waals surface area contributed by atoms with Gasteiger partial charge < -0.3 is 9.80 Å². The Labute approximate surface area is 184 Å². The van der Waals surface area contributed by atoms with E-state index >= 15 is 0 Å². The van der Waals surface area contributed by atoms with Gasteiger partial charge >= 0.3 is 0 Å². The highest BCUT2D eigenvalue weighted by atomic mass is 35.5. The van der Waals surface area contributed by atoms with E-state index in [1.807, 2.05) is 0 Å². The molecular weight excluding hydrogens is 419 g/mol. The molecule has 0 N–H and O–H groups in total. The van der Waals surface area contributed by atoms with Gasteiger partial charge in [-0.05, 0) is 55.5 Å². The molecule has 1 aromatic heterocycles. The van der Waals surface area contributed by atoms with E-state index in [-0.39, 0.29) is 23.8 Å². The zero-order valence-corrected chi connectivity index (χ0v) is 17.8. The Morgan fingerprint density at radius 3 is 2.32 bits per heavy atom. The molecule has 1 saturated heterocycles. The first-order chi connectivity index (χ1) is 14.9. The average molecular weight is 441 g/mol. The van der Waals surface area contributed by atoms with Crippen molar-refractivity contribution in [1.82, 2.24) is 14.5 Å². The molecule has 0 atom stereocenters. The third-order valence-corrected chi connectivity index (χ3v) is 5.61. The van der Waals surface area contributed by atoms with Crippen molar-refractivity contribution < 1.29 is 9.18 Å². The van der Waals surface area contributed by atoms with Gasteiger partial charge in [0.25, 0.3) is 5.56 Å². The lowest BCUT2D eigenvalue weighted by molar-refractivity contribution is -0.132. The number of carbonyl (C=O) groups excluding carboxylic acids is 1. The lowest BCUT2D eigenvalue weighted by Crippen LogP contribution is -2.50. The highest BCUT2D eigenvalue weighted by molar-refractivity contribution is 6.30. The molecule has 0 saturated carbocycles. The molecule has 1 fully saturated rings.